The lowest BCUT2D eigenvalue weighted by Crippen LogP contribution is -2.24. The fraction of sp³-hybridized carbons (Fsp3) is 0.500. The number of nitrogens with zero attached hydrogens (tertiary/aromatic N) is 1. The Balaban J connectivity index is 2.34. The highest BCUT2D eigenvalue weighted by atomic mass is 32.2. The van der Waals surface area contributed by atoms with Gasteiger partial charge >= 0.3 is 0 Å². The van der Waals surface area contributed by atoms with Gasteiger partial charge < -0.3 is 15.7 Å². The standard InChI is InChI=1S/C14H20N2OS2/c1-2-19-12-5-3-4-11(13(12)14(15)18)16-7-6-10(8-16)9-17/h3-5,10,17H,2,6-9H2,1H3,(H2,15,18). The first-order valence-corrected chi connectivity index (χ1v) is 7.98. The molecule has 0 amide bonds. The summed E-state index contributed by atoms with van der Waals surface area (Å²) in [7, 11) is 0. The van der Waals surface area contributed by atoms with Crippen molar-refractivity contribution < 1.29 is 5.11 Å². The summed E-state index contributed by atoms with van der Waals surface area (Å²) in [6.07, 6.45) is 1.03. The summed E-state index contributed by atoms with van der Waals surface area (Å²) in [5.74, 6) is 1.36. The van der Waals surface area contributed by atoms with Gasteiger partial charge in [0.1, 0.15) is 4.99 Å². The van der Waals surface area contributed by atoms with Crippen molar-refractivity contribution in [2.24, 2.45) is 11.7 Å². The van der Waals surface area contributed by atoms with Crippen LogP contribution in [0.3, 0.4) is 0 Å². The van der Waals surface area contributed by atoms with Gasteiger partial charge in [-0.1, -0.05) is 25.2 Å². The molecule has 1 atom stereocenters. The van der Waals surface area contributed by atoms with E-state index in [2.05, 4.69) is 30.0 Å². The van der Waals surface area contributed by atoms with Crippen LogP contribution in [0.25, 0.3) is 0 Å². The Hall–Kier alpha value is -0.780. The first-order chi connectivity index (χ1) is 9.17. The van der Waals surface area contributed by atoms with E-state index in [0.717, 1.165) is 41.4 Å². The molecule has 1 heterocycles. The van der Waals surface area contributed by atoms with E-state index in [4.69, 9.17) is 18.0 Å². The van der Waals surface area contributed by atoms with Gasteiger partial charge in [0.2, 0.25) is 0 Å². The van der Waals surface area contributed by atoms with Crippen molar-refractivity contribution in [2.45, 2.75) is 18.2 Å². The lowest BCUT2D eigenvalue weighted by Gasteiger charge is -2.23. The molecule has 1 saturated heterocycles. The van der Waals surface area contributed by atoms with E-state index >= 15 is 0 Å². The van der Waals surface area contributed by atoms with Crippen LogP contribution in [0.1, 0.15) is 18.9 Å². The van der Waals surface area contributed by atoms with Gasteiger partial charge in [0, 0.05) is 41.8 Å². The zero-order valence-electron chi connectivity index (χ0n) is 11.1. The normalized spacial score (nSPS) is 18.8. The number of hydrogen-bond acceptors (Lipinski definition) is 4. The molecule has 0 radical (unpaired) electrons. The second kappa shape index (κ2) is 6.59. The van der Waals surface area contributed by atoms with Crippen molar-refractivity contribution in [1.82, 2.24) is 0 Å². The Morgan fingerprint density at radius 1 is 1.58 bits per heavy atom. The second-order valence-corrected chi connectivity index (χ2v) is 6.48. The molecule has 3 nitrogen and oxygen atoms in total. The SMILES string of the molecule is CCSc1cccc(N2CCC(CO)C2)c1C(N)=S. The molecule has 5 heteroatoms. The maximum absolute atomic E-state index is 9.27. The van der Waals surface area contributed by atoms with E-state index in [1.54, 1.807) is 11.8 Å². The molecule has 1 aromatic carbocycles. The molecule has 0 saturated carbocycles. The zero-order chi connectivity index (χ0) is 13.8. The minimum atomic E-state index is 0.252. The molecular formula is C14H20N2OS2. The Labute approximate surface area is 124 Å². The van der Waals surface area contributed by atoms with Crippen LogP contribution >= 0.6 is 24.0 Å². The van der Waals surface area contributed by atoms with Crippen LogP contribution < -0.4 is 10.6 Å². The average Bonchev–Trinajstić information content (AvgIpc) is 2.87. The highest BCUT2D eigenvalue weighted by Gasteiger charge is 2.25. The maximum atomic E-state index is 9.27. The second-order valence-electron chi connectivity index (χ2n) is 4.73. The lowest BCUT2D eigenvalue weighted by molar-refractivity contribution is 0.238. The van der Waals surface area contributed by atoms with E-state index in [1.165, 1.54) is 0 Å². The molecule has 0 aliphatic carbocycles. The third-order valence-corrected chi connectivity index (χ3v) is 4.58. The van der Waals surface area contributed by atoms with Gasteiger partial charge in [0.25, 0.3) is 0 Å². The number of aliphatic hydroxyl groups excluding tert-OH is 1. The monoisotopic (exact) mass is 296 g/mol. The molecule has 0 bridgehead atoms. The Morgan fingerprint density at radius 2 is 2.37 bits per heavy atom. The fourth-order valence-electron chi connectivity index (χ4n) is 2.51. The molecule has 0 spiro atoms. The number of aliphatic hydroxyl groups is 1. The van der Waals surface area contributed by atoms with Gasteiger partial charge in [-0.2, -0.15) is 0 Å². The zero-order valence-corrected chi connectivity index (χ0v) is 12.8. The number of anilines is 1. The van der Waals surface area contributed by atoms with Crippen LogP contribution in [0.4, 0.5) is 5.69 Å². The molecule has 2 rings (SSSR count). The van der Waals surface area contributed by atoms with Gasteiger partial charge in [-0.15, -0.1) is 11.8 Å². The van der Waals surface area contributed by atoms with Crippen molar-refractivity contribution in [2.75, 3.05) is 30.3 Å². The molecule has 1 aliphatic heterocycles. The van der Waals surface area contributed by atoms with Crippen LogP contribution in [0.15, 0.2) is 23.1 Å². The van der Waals surface area contributed by atoms with Crippen molar-refractivity contribution in [3.8, 4) is 0 Å². The summed E-state index contributed by atoms with van der Waals surface area (Å²) in [4.78, 5) is 3.90. The number of benzene rings is 1. The molecule has 3 N–H and O–H groups in total. The summed E-state index contributed by atoms with van der Waals surface area (Å²) < 4.78 is 0. The molecule has 0 aromatic heterocycles. The molecular weight excluding hydrogens is 276 g/mol. The summed E-state index contributed by atoms with van der Waals surface area (Å²) in [5.41, 5.74) is 8.02. The van der Waals surface area contributed by atoms with Crippen LogP contribution in [0, 0.1) is 5.92 Å². The van der Waals surface area contributed by atoms with Crippen molar-refractivity contribution in [3.63, 3.8) is 0 Å². The minimum absolute atomic E-state index is 0.252. The fourth-order valence-corrected chi connectivity index (χ4v) is 3.63. The van der Waals surface area contributed by atoms with Crippen LogP contribution in [-0.4, -0.2) is 35.5 Å². The number of rotatable bonds is 5. The highest BCUT2D eigenvalue weighted by Crippen LogP contribution is 2.33. The summed E-state index contributed by atoms with van der Waals surface area (Å²) in [6.45, 7) is 4.22. The van der Waals surface area contributed by atoms with E-state index in [-0.39, 0.29) is 6.61 Å². The van der Waals surface area contributed by atoms with E-state index in [1.807, 2.05) is 0 Å². The quantitative estimate of drug-likeness (QED) is 0.645. The van der Waals surface area contributed by atoms with Gasteiger partial charge in [-0.05, 0) is 24.3 Å². The molecule has 19 heavy (non-hydrogen) atoms. The topological polar surface area (TPSA) is 49.5 Å². The molecule has 1 aliphatic rings. The Kier molecular flexibility index (Phi) is 5.07. The average molecular weight is 296 g/mol. The van der Waals surface area contributed by atoms with E-state index < -0.39 is 0 Å². The van der Waals surface area contributed by atoms with Crippen LogP contribution in [0.2, 0.25) is 0 Å². The number of thiocarbonyl (C=S) groups is 1. The lowest BCUT2D eigenvalue weighted by atomic mass is 10.1. The van der Waals surface area contributed by atoms with Gasteiger partial charge in [-0.3, -0.25) is 0 Å². The van der Waals surface area contributed by atoms with Crippen LogP contribution in [0.5, 0.6) is 0 Å². The summed E-state index contributed by atoms with van der Waals surface area (Å²) in [6, 6.07) is 6.21. The molecule has 104 valence electrons. The Bertz CT molecular complexity index is 465. The van der Waals surface area contributed by atoms with Gasteiger partial charge in [0.15, 0.2) is 0 Å². The summed E-state index contributed by atoms with van der Waals surface area (Å²) in [5, 5.41) is 9.27. The highest BCUT2D eigenvalue weighted by molar-refractivity contribution is 7.99. The van der Waals surface area contributed by atoms with E-state index in [0.29, 0.717) is 10.9 Å². The van der Waals surface area contributed by atoms with Crippen molar-refractivity contribution in [1.29, 1.82) is 0 Å². The minimum Gasteiger partial charge on any atom is -0.396 e. The number of thioether (sulfide) groups is 1. The van der Waals surface area contributed by atoms with Gasteiger partial charge in [-0.25, -0.2) is 0 Å². The molecule has 1 aromatic rings. The summed E-state index contributed by atoms with van der Waals surface area (Å²) >= 11 is 7.00. The van der Waals surface area contributed by atoms with E-state index in [9.17, 15) is 5.11 Å². The smallest absolute Gasteiger partial charge is 0.107 e. The van der Waals surface area contributed by atoms with Crippen LogP contribution in [-0.2, 0) is 0 Å². The predicted octanol–water partition coefficient (Wildman–Crippen LogP) is 2.25. The molecule has 1 fully saturated rings. The largest absolute Gasteiger partial charge is 0.396 e. The number of hydrogen-bond donors (Lipinski definition) is 2. The first-order valence-electron chi connectivity index (χ1n) is 6.58. The predicted molar refractivity (Wildman–Crippen MR) is 86.1 cm³/mol. The third-order valence-electron chi connectivity index (χ3n) is 3.44. The third kappa shape index (κ3) is 3.22. The van der Waals surface area contributed by atoms with Crippen molar-refractivity contribution in [3.05, 3.63) is 23.8 Å². The molecule has 1 unspecified atom stereocenters. The number of nitrogens with two attached hydrogens (primary N) is 1. The van der Waals surface area contributed by atoms with Gasteiger partial charge in [0.05, 0.1) is 0 Å². The first kappa shape index (κ1) is 14.6. The Morgan fingerprint density at radius 3 is 2.95 bits per heavy atom. The van der Waals surface area contributed by atoms with Crippen molar-refractivity contribution >= 4 is 34.7 Å². The maximum Gasteiger partial charge on any atom is 0.107 e.